The maximum absolute atomic E-state index is 10.8. The van der Waals surface area contributed by atoms with Crippen molar-refractivity contribution in [1.82, 2.24) is 0 Å². The molecule has 2 aromatic carbocycles. The Labute approximate surface area is 123 Å². The summed E-state index contributed by atoms with van der Waals surface area (Å²) < 4.78 is 5.68. The second-order valence-corrected chi connectivity index (χ2v) is 4.93. The van der Waals surface area contributed by atoms with Crippen LogP contribution in [0.15, 0.2) is 42.5 Å². The molecule has 2 aromatic rings. The Morgan fingerprint density at radius 3 is 2.48 bits per heavy atom. The molecule has 0 amide bonds. The normalized spacial score (nSPS) is 12.0. The summed E-state index contributed by atoms with van der Waals surface area (Å²) in [4.78, 5) is 10.3. The number of hydrogen-bond acceptors (Lipinski definition) is 4. The number of rotatable bonds is 5. The van der Waals surface area contributed by atoms with Crippen molar-refractivity contribution in [3.8, 4) is 5.75 Å². The summed E-state index contributed by atoms with van der Waals surface area (Å²) in [5.41, 5.74) is 2.51. The van der Waals surface area contributed by atoms with Gasteiger partial charge in [0.25, 0.3) is 5.69 Å². The number of aliphatic hydroxyl groups excluding tert-OH is 1. The van der Waals surface area contributed by atoms with Crippen molar-refractivity contribution in [1.29, 1.82) is 0 Å². The highest BCUT2D eigenvalue weighted by atomic mass is 16.6. The minimum Gasteiger partial charge on any atom is -0.489 e. The van der Waals surface area contributed by atoms with E-state index in [4.69, 9.17) is 4.74 Å². The Kier molecular flexibility index (Phi) is 4.55. The van der Waals surface area contributed by atoms with Crippen molar-refractivity contribution in [2.45, 2.75) is 26.6 Å². The van der Waals surface area contributed by atoms with Gasteiger partial charge < -0.3 is 9.84 Å². The maximum Gasteiger partial charge on any atom is 0.270 e. The topological polar surface area (TPSA) is 72.6 Å². The molecule has 0 spiro atoms. The molecule has 0 heterocycles. The molecule has 2 rings (SSSR count). The van der Waals surface area contributed by atoms with Crippen molar-refractivity contribution >= 4 is 5.69 Å². The Balaban J connectivity index is 2.19. The first-order chi connectivity index (χ1) is 9.97. The van der Waals surface area contributed by atoms with Gasteiger partial charge in [-0.15, -0.1) is 0 Å². The van der Waals surface area contributed by atoms with Crippen molar-refractivity contribution in [2.24, 2.45) is 0 Å². The van der Waals surface area contributed by atoms with E-state index < -0.39 is 11.0 Å². The van der Waals surface area contributed by atoms with Gasteiger partial charge in [0, 0.05) is 17.7 Å². The molecular weight excluding hydrogens is 270 g/mol. The summed E-state index contributed by atoms with van der Waals surface area (Å²) in [5, 5.41) is 20.5. The molecule has 0 radical (unpaired) electrons. The Morgan fingerprint density at radius 2 is 1.90 bits per heavy atom. The standard InChI is InChI=1S/C16H17NO4/c1-11-3-5-13(6-4-11)10-21-16-8-7-14(17(19)20)9-15(16)12(2)18/h3-9,12,18H,10H2,1-2H3/t12-/m0/s1. The van der Waals surface area contributed by atoms with Crippen LogP contribution in [0, 0.1) is 17.0 Å². The monoisotopic (exact) mass is 287 g/mol. The van der Waals surface area contributed by atoms with E-state index in [-0.39, 0.29) is 5.69 Å². The molecule has 0 aliphatic rings. The van der Waals surface area contributed by atoms with Crippen molar-refractivity contribution in [2.75, 3.05) is 0 Å². The molecule has 1 atom stereocenters. The molecule has 5 heteroatoms. The van der Waals surface area contributed by atoms with Gasteiger partial charge in [-0.1, -0.05) is 29.8 Å². The first-order valence-electron chi connectivity index (χ1n) is 6.62. The zero-order chi connectivity index (χ0) is 15.4. The number of aliphatic hydroxyl groups is 1. The first-order valence-corrected chi connectivity index (χ1v) is 6.62. The summed E-state index contributed by atoms with van der Waals surface area (Å²) >= 11 is 0. The van der Waals surface area contributed by atoms with Crippen LogP contribution in [0.25, 0.3) is 0 Å². The van der Waals surface area contributed by atoms with Gasteiger partial charge in [-0.2, -0.15) is 0 Å². The summed E-state index contributed by atoms with van der Waals surface area (Å²) in [5.74, 6) is 0.455. The van der Waals surface area contributed by atoms with Crippen LogP contribution in [-0.4, -0.2) is 10.0 Å². The minimum absolute atomic E-state index is 0.0615. The second-order valence-electron chi connectivity index (χ2n) is 4.93. The van der Waals surface area contributed by atoms with E-state index >= 15 is 0 Å². The lowest BCUT2D eigenvalue weighted by atomic mass is 10.1. The summed E-state index contributed by atoms with van der Waals surface area (Å²) in [6, 6.07) is 12.1. The molecule has 5 nitrogen and oxygen atoms in total. The summed E-state index contributed by atoms with van der Waals surface area (Å²) in [6.45, 7) is 3.90. The highest BCUT2D eigenvalue weighted by Gasteiger charge is 2.15. The van der Waals surface area contributed by atoms with E-state index in [0.29, 0.717) is 17.9 Å². The van der Waals surface area contributed by atoms with Crippen LogP contribution in [0.3, 0.4) is 0 Å². The molecule has 21 heavy (non-hydrogen) atoms. The quantitative estimate of drug-likeness (QED) is 0.674. The summed E-state index contributed by atoms with van der Waals surface area (Å²) in [7, 11) is 0. The van der Waals surface area contributed by atoms with Crippen LogP contribution in [0.5, 0.6) is 5.75 Å². The Morgan fingerprint density at radius 1 is 1.24 bits per heavy atom. The van der Waals surface area contributed by atoms with Crippen LogP contribution in [0.1, 0.15) is 29.7 Å². The number of non-ortho nitro benzene ring substituents is 1. The fourth-order valence-electron chi connectivity index (χ4n) is 1.95. The predicted octanol–water partition coefficient (Wildman–Crippen LogP) is 3.54. The molecule has 0 saturated heterocycles. The number of nitro benzene ring substituents is 1. The Hall–Kier alpha value is -2.40. The lowest BCUT2D eigenvalue weighted by Gasteiger charge is -2.13. The smallest absolute Gasteiger partial charge is 0.270 e. The fourth-order valence-corrected chi connectivity index (χ4v) is 1.95. The number of nitrogens with zero attached hydrogens (tertiary/aromatic N) is 1. The molecule has 110 valence electrons. The van der Waals surface area contributed by atoms with Gasteiger partial charge in [0.2, 0.25) is 0 Å². The largest absolute Gasteiger partial charge is 0.489 e. The van der Waals surface area contributed by atoms with Crippen LogP contribution in [-0.2, 0) is 6.61 Å². The minimum atomic E-state index is -0.835. The van der Waals surface area contributed by atoms with E-state index in [1.165, 1.54) is 23.8 Å². The Bertz CT molecular complexity index is 635. The number of hydrogen-bond donors (Lipinski definition) is 1. The van der Waals surface area contributed by atoms with E-state index in [1.54, 1.807) is 6.92 Å². The van der Waals surface area contributed by atoms with Crippen molar-refractivity contribution in [3.63, 3.8) is 0 Å². The number of aryl methyl sites for hydroxylation is 1. The van der Waals surface area contributed by atoms with Crippen LogP contribution in [0.2, 0.25) is 0 Å². The highest BCUT2D eigenvalue weighted by Crippen LogP contribution is 2.29. The molecule has 0 bridgehead atoms. The van der Waals surface area contributed by atoms with Gasteiger partial charge in [0.1, 0.15) is 12.4 Å². The van der Waals surface area contributed by atoms with E-state index in [1.807, 2.05) is 31.2 Å². The third kappa shape index (κ3) is 3.79. The van der Waals surface area contributed by atoms with Gasteiger partial charge in [-0.25, -0.2) is 0 Å². The van der Waals surface area contributed by atoms with Gasteiger partial charge >= 0.3 is 0 Å². The highest BCUT2D eigenvalue weighted by molar-refractivity contribution is 5.45. The first kappa shape index (κ1) is 15.0. The molecule has 0 fully saturated rings. The van der Waals surface area contributed by atoms with Crippen LogP contribution >= 0.6 is 0 Å². The van der Waals surface area contributed by atoms with E-state index in [9.17, 15) is 15.2 Å². The van der Waals surface area contributed by atoms with E-state index in [0.717, 1.165) is 5.56 Å². The average Bonchev–Trinajstić information content (AvgIpc) is 2.46. The van der Waals surface area contributed by atoms with Crippen LogP contribution < -0.4 is 4.74 Å². The van der Waals surface area contributed by atoms with Gasteiger partial charge in [0.05, 0.1) is 11.0 Å². The fraction of sp³-hybridized carbons (Fsp3) is 0.250. The lowest BCUT2D eigenvalue weighted by molar-refractivity contribution is -0.385. The predicted molar refractivity (Wildman–Crippen MR) is 79.2 cm³/mol. The zero-order valence-electron chi connectivity index (χ0n) is 11.9. The molecule has 0 unspecified atom stereocenters. The number of ether oxygens (including phenoxy) is 1. The lowest BCUT2D eigenvalue weighted by Crippen LogP contribution is -2.02. The number of nitro groups is 1. The van der Waals surface area contributed by atoms with Crippen molar-refractivity contribution < 1.29 is 14.8 Å². The number of benzene rings is 2. The maximum atomic E-state index is 10.8. The second kappa shape index (κ2) is 6.37. The van der Waals surface area contributed by atoms with Crippen LogP contribution in [0.4, 0.5) is 5.69 Å². The summed E-state index contributed by atoms with van der Waals surface area (Å²) in [6.07, 6.45) is -0.835. The van der Waals surface area contributed by atoms with Gasteiger partial charge in [0.15, 0.2) is 0 Å². The average molecular weight is 287 g/mol. The SMILES string of the molecule is Cc1ccc(COc2ccc([N+](=O)[O-])cc2[C@H](C)O)cc1. The molecule has 0 aliphatic heterocycles. The van der Waals surface area contributed by atoms with Gasteiger partial charge in [-0.3, -0.25) is 10.1 Å². The van der Waals surface area contributed by atoms with Gasteiger partial charge in [-0.05, 0) is 25.5 Å². The molecule has 0 aromatic heterocycles. The zero-order valence-corrected chi connectivity index (χ0v) is 11.9. The third-order valence-electron chi connectivity index (χ3n) is 3.17. The molecule has 0 saturated carbocycles. The molecular formula is C16H17NO4. The molecule has 1 N–H and O–H groups in total. The van der Waals surface area contributed by atoms with E-state index in [2.05, 4.69) is 0 Å². The molecule has 0 aliphatic carbocycles. The third-order valence-corrected chi connectivity index (χ3v) is 3.17. The van der Waals surface area contributed by atoms with Crippen molar-refractivity contribution in [3.05, 3.63) is 69.3 Å².